The molecule has 2 heterocycles. The van der Waals surface area contributed by atoms with E-state index in [-0.39, 0.29) is 28.3 Å². The van der Waals surface area contributed by atoms with Crippen LogP contribution in [-0.4, -0.2) is 36.1 Å². The van der Waals surface area contributed by atoms with E-state index in [2.05, 4.69) is 19.0 Å². The van der Waals surface area contributed by atoms with Crippen LogP contribution >= 0.6 is 0 Å². The number of aryl methyl sites for hydroxylation is 2. The molecule has 6 rings (SSSR count). The number of nitrogens with zero attached hydrogens (tertiary/aromatic N) is 2. The van der Waals surface area contributed by atoms with Crippen LogP contribution in [0.4, 0.5) is 0 Å². The van der Waals surface area contributed by atoms with Crippen molar-refractivity contribution in [2.45, 2.75) is 65.0 Å². The van der Waals surface area contributed by atoms with E-state index in [9.17, 15) is 13.2 Å². The summed E-state index contributed by atoms with van der Waals surface area (Å²) in [6.07, 6.45) is 2.14. The lowest BCUT2D eigenvalue weighted by atomic mass is 9.69. The SMILES string of the molecule is Cc1ccc([C@@H]2ON=C(C(=O)N3[C@@H]4C[C@H]5CC[C@]4(CS3(=O)=O)C5(C)C)[C@H]2c2ccc(C)cc2)cc1. The van der Waals surface area contributed by atoms with Crippen molar-refractivity contribution >= 4 is 21.6 Å². The molecule has 0 radical (unpaired) electrons. The first kappa shape index (κ1) is 22.8. The summed E-state index contributed by atoms with van der Waals surface area (Å²) >= 11 is 0. The van der Waals surface area contributed by atoms with Crippen LogP contribution in [0.25, 0.3) is 0 Å². The summed E-state index contributed by atoms with van der Waals surface area (Å²) < 4.78 is 28.3. The third kappa shape index (κ3) is 3.09. The van der Waals surface area contributed by atoms with Gasteiger partial charge >= 0.3 is 0 Å². The maximum absolute atomic E-state index is 14.1. The molecule has 2 aromatic rings. The summed E-state index contributed by atoms with van der Waals surface area (Å²) in [5, 5.41) is 4.28. The summed E-state index contributed by atoms with van der Waals surface area (Å²) in [7, 11) is -3.75. The Bertz CT molecular complexity index is 1330. The molecule has 2 aromatic carbocycles. The maximum Gasteiger partial charge on any atom is 0.286 e. The Balaban J connectivity index is 1.41. The molecule has 4 aliphatic rings. The molecule has 184 valence electrons. The van der Waals surface area contributed by atoms with Gasteiger partial charge in [-0.15, -0.1) is 0 Å². The second-order valence-electron chi connectivity index (χ2n) is 11.5. The molecular weight excluding hydrogens is 460 g/mol. The summed E-state index contributed by atoms with van der Waals surface area (Å²) in [6, 6.07) is 15.7. The number of oxime groups is 1. The van der Waals surface area contributed by atoms with Gasteiger partial charge in [-0.1, -0.05) is 78.7 Å². The lowest BCUT2D eigenvalue weighted by molar-refractivity contribution is -0.122. The zero-order valence-corrected chi connectivity index (χ0v) is 21.5. The number of carbonyl (C=O) groups excluding carboxylic acids is 1. The largest absolute Gasteiger partial charge is 0.386 e. The quantitative estimate of drug-likeness (QED) is 0.612. The molecule has 1 amide bonds. The van der Waals surface area contributed by atoms with Crippen molar-refractivity contribution in [3.05, 3.63) is 70.8 Å². The van der Waals surface area contributed by atoms with Gasteiger partial charge in [-0.3, -0.25) is 4.79 Å². The standard InChI is InChI=1S/C28H32N2O4S/c1-17-5-9-19(10-6-17)23-24(29-34-25(23)20-11-7-18(2)8-12-20)26(31)30-22-15-21-13-14-28(22,27(21,3)4)16-35(30,32)33/h5-12,21-23,25H,13-16H2,1-4H3/t21-,22-,23-,25+,28-/m1/s1. The Morgan fingerprint density at radius 2 is 1.60 bits per heavy atom. The van der Waals surface area contributed by atoms with Gasteiger partial charge in [0.15, 0.2) is 11.8 Å². The molecule has 1 spiro atoms. The highest BCUT2D eigenvalue weighted by molar-refractivity contribution is 7.90. The molecular formula is C28H32N2O4S. The zero-order chi connectivity index (χ0) is 24.8. The Kier molecular flexibility index (Phi) is 4.83. The lowest BCUT2D eigenvalue weighted by Gasteiger charge is -2.37. The number of carbonyl (C=O) groups is 1. The molecule has 2 bridgehead atoms. The molecule has 2 saturated carbocycles. The first-order chi connectivity index (χ1) is 16.5. The Labute approximate surface area is 207 Å². The van der Waals surface area contributed by atoms with Crippen LogP contribution in [0.15, 0.2) is 53.7 Å². The van der Waals surface area contributed by atoms with Crippen LogP contribution in [0.5, 0.6) is 0 Å². The second kappa shape index (κ2) is 7.42. The molecule has 0 aromatic heterocycles. The van der Waals surface area contributed by atoms with E-state index in [1.54, 1.807) is 0 Å². The van der Waals surface area contributed by atoms with E-state index in [1.807, 2.05) is 62.4 Å². The highest BCUT2D eigenvalue weighted by atomic mass is 32.2. The van der Waals surface area contributed by atoms with E-state index >= 15 is 0 Å². The Morgan fingerprint density at radius 1 is 1.00 bits per heavy atom. The monoisotopic (exact) mass is 492 g/mol. The predicted octanol–water partition coefficient (Wildman–Crippen LogP) is 4.88. The first-order valence-corrected chi connectivity index (χ1v) is 14.1. The third-order valence-electron chi connectivity index (χ3n) is 9.53. The van der Waals surface area contributed by atoms with E-state index in [0.29, 0.717) is 5.92 Å². The van der Waals surface area contributed by atoms with Gasteiger partial charge in [0, 0.05) is 5.41 Å². The van der Waals surface area contributed by atoms with Crippen LogP contribution in [0.2, 0.25) is 0 Å². The average molecular weight is 493 g/mol. The Morgan fingerprint density at radius 3 is 2.20 bits per heavy atom. The molecule has 5 atom stereocenters. The molecule has 35 heavy (non-hydrogen) atoms. The fraction of sp³-hybridized carbons (Fsp3) is 0.500. The average Bonchev–Trinajstić information content (AvgIpc) is 3.47. The van der Waals surface area contributed by atoms with Crippen molar-refractivity contribution in [3.8, 4) is 0 Å². The van der Waals surface area contributed by atoms with Gasteiger partial charge in [0.1, 0.15) is 0 Å². The van der Waals surface area contributed by atoms with Crippen LogP contribution in [0.3, 0.4) is 0 Å². The van der Waals surface area contributed by atoms with Crippen LogP contribution in [-0.2, 0) is 19.7 Å². The smallest absolute Gasteiger partial charge is 0.286 e. The van der Waals surface area contributed by atoms with Gasteiger partial charge < -0.3 is 4.84 Å². The van der Waals surface area contributed by atoms with Gasteiger partial charge in [-0.25, -0.2) is 12.7 Å². The van der Waals surface area contributed by atoms with Crippen LogP contribution < -0.4 is 0 Å². The summed E-state index contributed by atoms with van der Waals surface area (Å²) in [4.78, 5) is 20.0. The first-order valence-electron chi connectivity index (χ1n) is 12.5. The molecule has 2 aliphatic heterocycles. The third-order valence-corrected chi connectivity index (χ3v) is 11.4. The van der Waals surface area contributed by atoms with Gasteiger partial charge in [0.2, 0.25) is 10.0 Å². The predicted molar refractivity (Wildman–Crippen MR) is 134 cm³/mol. The van der Waals surface area contributed by atoms with E-state index in [1.165, 1.54) is 4.31 Å². The maximum atomic E-state index is 14.1. The zero-order valence-electron chi connectivity index (χ0n) is 20.7. The fourth-order valence-corrected chi connectivity index (χ4v) is 9.85. The molecule has 0 unspecified atom stereocenters. The van der Waals surface area contributed by atoms with E-state index < -0.39 is 28.0 Å². The van der Waals surface area contributed by atoms with Gasteiger partial charge in [0.25, 0.3) is 5.91 Å². The highest BCUT2D eigenvalue weighted by Crippen LogP contribution is 2.70. The van der Waals surface area contributed by atoms with Crippen molar-refractivity contribution in [1.29, 1.82) is 0 Å². The summed E-state index contributed by atoms with van der Waals surface area (Å²) in [5.41, 5.74) is 3.75. The van der Waals surface area contributed by atoms with Crippen molar-refractivity contribution < 1.29 is 18.0 Å². The topological polar surface area (TPSA) is 76.0 Å². The minimum Gasteiger partial charge on any atom is -0.386 e. The molecule has 1 saturated heterocycles. The van der Waals surface area contributed by atoms with Crippen molar-refractivity contribution in [2.24, 2.45) is 21.9 Å². The van der Waals surface area contributed by atoms with Crippen LogP contribution in [0, 0.1) is 30.6 Å². The number of sulfonamides is 1. The normalized spacial score (nSPS) is 33.9. The number of amides is 1. The van der Waals surface area contributed by atoms with Gasteiger partial charge in [0.05, 0.1) is 17.7 Å². The summed E-state index contributed by atoms with van der Waals surface area (Å²) in [5.74, 6) is -0.516. The minimum atomic E-state index is -3.75. The second-order valence-corrected chi connectivity index (χ2v) is 13.4. The summed E-state index contributed by atoms with van der Waals surface area (Å²) in [6.45, 7) is 8.41. The highest BCUT2D eigenvalue weighted by Gasteiger charge is 2.72. The van der Waals surface area contributed by atoms with Crippen molar-refractivity contribution in [3.63, 3.8) is 0 Å². The number of benzene rings is 2. The van der Waals surface area contributed by atoms with Crippen LogP contribution in [0.1, 0.15) is 67.4 Å². The lowest BCUT2D eigenvalue weighted by Crippen LogP contribution is -2.47. The van der Waals surface area contributed by atoms with E-state index in [4.69, 9.17) is 4.84 Å². The van der Waals surface area contributed by atoms with E-state index in [0.717, 1.165) is 41.5 Å². The van der Waals surface area contributed by atoms with Gasteiger partial charge in [-0.2, -0.15) is 0 Å². The Hall–Kier alpha value is -2.67. The molecule has 6 nitrogen and oxygen atoms in total. The van der Waals surface area contributed by atoms with Gasteiger partial charge in [-0.05, 0) is 55.6 Å². The number of fused-ring (bicyclic) bond motifs is 1. The molecule has 3 fully saturated rings. The molecule has 0 N–H and O–H groups in total. The number of rotatable bonds is 3. The number of hydrogen-bond acceptors (Lipinski definition) is 5. The fourth-order valence-electron chi connectivity index (χ4n) is 7.33. The molecule has 2 aliphatic carbocycles. The minimum absolute atomic E-state index is 0.0463. The van der Waals surface area contributed by atoms with Crippen molar-refractivity contribution in [1.82, 2.24) is 4.31 Å². The molecule has 7 heteroatoms. The number of hydrogen-bond donors (Lipinski definition) is 0. The van der Waals surface area contributed by atoms with Crippen molar-refractivity contribution in [2.75, 3.05) is 5.75 Å².